The molecule has 0 bridgehead atoms. The van der Waals surface area contributed by atoms with Crippen molar-refractivity contribution in [2.45, 2.75) is 13.0 Å². The molecule has 3 aromatic rings. The van der Waals surface area contributed by atoms with E-state index in [9.17, 15) is 9.18 Å². The summed E-state index contributed by atoms with van der Waals surface area (Å²) in [4.78, 5) is 18.1. The topological polar surface area (TPSA) is 61.7 Å². The van der Waals surface area contributed by atoms with Crippen molar-refractivity contribution >= 4 is 17.4 Å². The summed E-state index contributed by atoms with van der Waals surface area (Å²) in [5.41, 5.74) is 3.03. The number of rotatable bonds is 6. The molecule has 0 saturated carbocycles. The summed E-state index contributed by atoms with van der Waals surface area (Å²) < 4.78 is 15.9. The van der Waals surface area contributed by atoms with E-state index in [2.05, 4.69) is 15.6 Å². The van der Waals surface area contributed by atoms with Crippen LogP contribution in [0.25, 0.3) is 5.65 Å². The van der Waals surface area contributed by atoms with E-state index < -0.39 is 0 Å². The Hall–Kier alpha value is -3.09. The van der Waals surface area contributed by atoms with Crippen molar-refractivity contribution in [1.29, 1.82) is 0 Å². The molecular weight excluding hydrogens is 333 g/mol. The van der Waals surface area contributed by atoms with Crippen LogP contribution in [0.4, 0.5) is 14.9 Å². The number of imidazole rings is 1. The second kappa shape index (κ2) is 7.86. The maximum Gasteiger partial charge on any atom is 0.315 e. The number of hydrogen-bond donors (Lipinski definition) is 2. The lowest BCUT2D eigenvalue weighted by molar-refractivity contribution is 0.240. The zero-order chi connectivity index (χ0) is 18.5. The average molecular weight is 355 g/mol. The van der Waals surface area contributed by atoms with Gasteiger partial charge in [0.15, 0.2) is 0 Å². The molecule has 6 nitrogen and oxygen atoms in total. The van der Waals surface area contributed by atoms with Gasteiger partial charge in [-0.1, -0.05) is 12.1 Å². The second-order valence-corrected chi connectivity index (χ2v) is 6.24. The minimum Gasteiger partial charge on any atom is -0.375 e. The lowest BCUT2D eigenvalue weighted by Gasteiger charge is -2.14. The number of pyridine rings is 1. The van der Waals surface area contributed by atoms with Gasteiger partial charge in [0, 0.05) is 46.0 Å². The molecule has 136 valence electrons. The Morgan fingerprint density at radius 3 is 2.81 bits per heavy atom. The molecule has 3 rings (SSSR count). The summed E-state index contributed by atoms with van der Waals surface area (Å²) in [6, 6.07) is 10.5. The standard InChI is InChI=1S/C19H22FN5O/c1-24(2)17-7-6-14(11-16(17)20)12-22-19(26)21-9-8-15-13-25-10-4-3-5-18(25)23-15/h3-7,10-11,13H,8-9,12H2,1-2H3,(H2,21,22,26). The SMILES string of the molecule is CN(C)c1ccc(CNC(=O)NCCc2cn3ccccc3n2)cc1F. The minimum atomic E-state index is -0.304. The van der Waals surface area contributed by atoms with E-state index in [1.165, 1.54) is 6.07 Å². The quantitative estimate of drug-likeness (QED) is 0.714. The summed E-state index contributed by atoms with van der Waals surface area (Å²) in [6.45, 7) is 0.745. The number of halogens is 1. The molecule has 0 aliphatic rings. The zero-order valence-corrected chi connectivity index (χ0v) is 14.9. The summed E-state index contributed by atoms with van der Waals surface area (Å²) in [5, 5.41) is 5.52. The number of fused-ring (bicyclic) bond motifs is 1. The van der Waals surface area contributed by atoms with Gasteiger partial charge in [-0.15, -0.1) is 0 Å². The molecule has 2 amide bonds. The number of nitrogens with one attached hydrogen (secondary N) is 2. The first-order valence-electron chi connectivity index (χ1n) is 8.43. The van der Waals surface area contributed by atoms with Gasteiger partial charge in [0.1, 0.15) is 11.5 Å². The molecule has 2 heterocycles. The molecule has 7 heteroatoms. The number of anilines is 1. The lowest BCUT2D eigenvalue weighted by Crippen LogP contribution is -2.36. The third kappa shape index (κ3) is 4.30. The van der Waals surface area contributed by atoms with Crippen LogP contribution in [0.5, 0.6) is 0 Å². The fraction of sp³-hybridized carbons (Fsp3) is 0.263. The first-order chi connectivity index (χ1) is 12.5. The van der Waals surface area contributed by atoms with Gasteiger partial charge in [-0.05, 0) is 29.8 Å². The van der Waals surface area contributed by atoms with Crippen LogP contribution < -0.4 is 15.5 Å². The second-order valence-electron chi connectivity index (χ2n) is 6.24. The Morgan fingerprint density at radius 1 is 1.23 bits per heavy atom. The Balaban J connectivity index is 1.45. The van der Waals surface area contributed by atoms with Crippen LogP contribution in [0.15, 0.2) is 48.8 Å². The van der Waals surface area contributed by atoms with Crippen LogP contribution in [0.2, 0.25) is 0 Å². The van der Waals surface area contributed by atoms with Crippen molar-refractivity contribution in [2.24, 2.45) is 0 Å². The van der Waals surface area contributed by atoms with E-state index in [4.69, 9.17) is 0 Å². The van der Waals surface area contributed by atoms with Gasteiger partial charge >= 0.3 is 6.03 Å². The lowest BCUT2D eigenvalue weighted by atomic mass is 10.2. The van der Waals surface area contributed by atoms with Crippen molar-refractivity contribution in [3.05, 3.63) is 65.9 Å². The monoisotopic (exact) mass is 355 g/mol. The molecule has 1 aromatic carbocycles. The fourth-order valence-corrected chi connectivity index (χ4v) is 2.68. The molecule has 2 aromatic heterocycles. The predicted molar refractivity (Wildman–Crippen MR) is 99.9 cm³/mol. The van der Waals surface area contributed by atoms with Crippen molar-refractivity contribution in [3.8, 4) is 0 Å². The number of urea groups is 1. The summed E-state index contributed by atoms with van der Waals surface area (Å²) in [7, 11) is 3.57. The van der Waals surface area contributed by atoms with Crippen molar-refractivity contribution in [1.82, 2.24) is 20.0 Å². The molecule has 26 heavy (non-hydrogen) atoms. The van der Waals surface area contributed by atoms with Crippen LogP contribution >= 0.6 is 0 Å². The Kier molecular flexibility index (Phi) is 5.36. The number of benzene rings is 1. The highest BCUT2D eigenvalue weighted by molar-refractivity contribution is 5.73. The highest BCUT2D eigenvalue weighted by atomic mass is 19.1. The largest absolute Gasteiger partial charge is 0.375 e. The van der Waals surface area contributed by atoms with Gasteiger partial charge < -0.3 is 19.9 Å². The van der Waals surface area contributed by atoms with E-state index in [-0.39, 0.29) is 18.4 Å². The molecule has 0 radical (unpaired) electrons. The van der Waals surface area contributed by atoms with Crippen LogP contribution in [-0.2, 0) is 13.0 Å². The third-order valence-corrected chi connectivity index (χ3v) is 4.03. The molecule has 0 spiro atoms. The Bertz CT molecular complexity index is 873. The van der Waals surface area contributed by atoms with Gasteiger partial charge in [-0.3, -0.25) is 0 Å². The van der Waals surface area contributed by atoms with E-state index in [1.54, 1.807) is 31.1 Å². The normalized spacial score (nSPS) is 10.7. The molecular formula is C19H22FN5O. The van der Waals surface area contributed by atoms with Crippen LogP contribution in [-0.4, -0.2) is 36.1 Å². The average Bonchev–Trinajstić information content (AvgIpc) is 3.02. The van der Waals surface area contributed by atoms with E-state index in [0.717, 1.165) is 11.3 Å². The smallest absolute Gasteiger partial charge is 0.315 e. The number of aromatic nitrogens is 2. The maximum atomic E-state index is 13.9. The molecule has 2 N–H and O–H groups in total. The summed E-state index contributed by atoms with van der Waals surface area (Å²) in [6.07, 6.45) is 4.53. The van der Waals surface area contributed by atoms with Crippen molar-refractivity contribution < 1.29 is 9.18 Å². The highest BCUT2D eigenvalue weighted by Gasteiger charge is 2.07. The predicted octanol–water partition coefficient (Wildman–Crippen LogP) is 2.58. The zero-order valence-electron chi connectivity index (χ0n) is 14.9. The molecule has 0 atom stereocenters. The number of amides is 2. The van der Waals surface area contributed by atoms with Gasteiger partial charge in [0.25, 0.3) is 0 Å². The summed E-state index contributed by atoms with van der Waals surface area (Å²) in [5.74, 6) is -0.304. The van der Waals surface area contributed by atoms with Gasteiger partial charge in [0.2, 0.25) is 0 Å². The number of nitrogens with zero attached hydrogens (tertiary/aromatic N) is 3. The number of carbonyl (C=O) groups excluding carboxylic acids is 1. The van der Waals surface area contributed by atoms with Crippen LogP contribution in [0, 0.1) is 5.82 Å². The van der Waals surface area contributed by atoms with Crippen LogP contribution in [0.1, 0.15) is 11.3 Å². The third-order valence-electron chi connectivity index (χ3n) is 4.03. The van der Waals surface area contributed by atoms with Gasteiger partial charge in [-0.2, -0.15) is 0 Å². The van der Waals surface area contributed by atoms with E-state index in [0.29, 0.717) is 24.2 Å². The molecule has 0 unspecified atom stereocenters. The van der Waals surface area contributed by atoms with Crippen molar-refractivity contribution in [3.63, 3.8) is 0 Å². The van der Waals surface area contributed by atoms with E-state index >= 15 is 0 Å². The Morgan fingerprint density at radius 2 is 2.08 bits per heavy atom. The van der Waals surface area contributed by atoms with Crippen LogP contribution in [0.3, 0.4) is 0 Å². The highest BCUT2D eigenvalue weighted by Crippen LogP contribution is 2.18. The fourth-order valence-electron chi connectivity index (χ4n) is 2.68. The first kappa shape index (κ1) is 17.7. The number of hydrogen-bond acceptors (Lipinski definition) is 3. The van der Waals surface area contributed by atoms with Gasteiger partial charge in [0.05, 0.1) is 11.4 Å². The molecule has 0 aliphatic heterocycles. The summed E-state index contributed by atoms with van der Waals surface area (Å²) >= 11 is 0. The molecule has 0 fully saturated rings. The number of carbonyl (C=O) groups is 1. The Labute approximate surface area is 151 Å². The first-order valence-corrected chi connectivity index (χ1v) is 8.43. The van der Waals surface area contributed by atoms with Crippen molar-refractivity contribution in [2.75, 3.05) is 25.5 Å². The van der Waals surface area contributed by atoms with Gasteiger partial charge in [-0.25, -0.2) is 14.2 Å². The molecule has 0 aliphatic carbocycles. The molecule has 0 saturated heterocycles. The minimum absolute atomic E-state index is 0.269. The van der Waals surface area contributed by atoms with E-state index in [1.807, 2.05) is 35.0 Å². The maximum absolute atomic E-state index is 13.9.